The van der Waals surface area contributed by atoms with Gasteiger partial charge in [-0.1, -0.05) is 54.6 Å². The lowest BCUT2D eigenvalue weighted by Gasteiger charge is -2.27. The molecular formula is C28H24N6O2. The summed E-state index contributed by atoms with van der Waals surface area (Å²) in [5.41, 5.74) is 11.5. The lowest BCUT2D eigenvalue weighted by Crippen LogP contribution is -2.27. The highest BCUT2D eigenvalue weighted by atomic mass is 16.6. The molecule has 1 aliphatic heterocycles. The number of rotatable bonds is 4. The Balaban J connectivity index is 1.35. The summed E-state index contributed by atoms with van der Waals surface area (Å²) in [6.45, 7) is 3.95. The molecule has 0 spiro atoms. The van der Waals surface area contributed by atoms with Crippen LogP contribution in [0.25, 0.3) is 28.0 Å². The Hall–Kier alpha value is -4.59. The van der Waals surface area contributed by atoms with Gasteiger partial charge in [0.05, 0.1) is 11.6 Å². The zero-order chi connectivity index (χ0) is 24.9. The Kier molecular flexibility index (Phi) is 5.03. The maximum absolute atomic E-state index is 13.0. The van der Waals surface area contributed by atoms with Crippen molar-refractivity contribution in [2.45, 2.75) is 31.3 Å². The number of fused-ring (bicyclic) bond motifs is 1. The molecule has 2 atom stereocenters. The van der Waals surface area contributed by atoms with Crippen molar-refractivity contribution >= 4 is 17.4 Å². The van der Waals surface area contributed by atoms with Gasteiger partial charge in [-0.3, -0.25) is 4.79 Å². The molecule has 4 heterocycles. The third-order valence-electron chi connectivity index (χ3n) is 6.82. The lowest BCUT2D eigenvalue weighted by atomic mass is 9.75. The molecule has 36 heavy (non-hydrogen) atoms. The van der Waals surface area contributed by atoms with E-state index in [1.807, 2.05) is 74.5 Å². The molecule has 1 unspecified atom stereocenters. The average Bonchev–Trinajstić information content (AvgIpc) is 3.45. The number of hydrogen-bond donors (Lipinski definition) is 1. The number of carbonyl (C=O) groups excluding carboxylic acids is 1. The fourth-order valence-corrected chi connectivity index (χ4v) is 5.10. The van der Waals surface area contributed by atoms with E-state index in [9.17, 15) is 4.79 Å². The molecule has 6 rings (SSSR count). The van der Waals surface area contributed by atoms with Crippen LogP contribution in [-0.4, -0.2) is 36.4 Å². The molecule has 3 aromatic heterocycles. The molecule has 8 heteroatoms. The lowest BCUT2D eigenvalue weighted by molar-refractivity contribution is -0.147. The molecule has 2 aromatic carbocycles. The van der Waals surface area contributed by atoms with Gasteiger partial charge in [0.2, 0.25) is 0 Å². The minimum absolute atomic E-state index is 0.0829. The van der Waals surface area contributed by atoms with E-state index in [0.29, 0.717) is 17.2 Å². The van der Waals surface area contributed by atoms with Crippen LogP contribution in [0.2, 0.25) is 0 Å². The molecule has 0 bridgehead atoms. The van der Waals surface area contributed by atoms with E-state index >= 15 is 0 Å². The smallest absolute Gasteiger partial charge is 0.314 e. The van der Waals surface area contributed by atoms with Crippen LogP contribution in [0.5, 0.6) is 0 Å². The number of benzene rings is 2. The summed E-state index contributed by atoms with van der Waals surface area (Å²) < 4.78 is 7.42. The first-order chi connectivity index (χ1) is 17.4. The molecule has 1 saturated heterocycles. The highest BCUT2D eigenvalue weighted by Gasteiger charge is 2.51. The molecule has 1 fully saturated rings. The van der Waals surface area contributed by atoms with Crippen molar-refractivity contribution in [3.05, 3.63) is 96.4 Å². The first-order valence-corrected chi connectivity index (χ1v) is 11.7. The number of hydrogen-bond acceptors (Lipinski definition) is 7. The van der Waals surface area contributed by atoms with Crippen LogP contribution >= 0.6 is 0 Å². The number of cyclic esters (lactones) is 1. The number of esters is 1. The number of aromatic nitrogens is 5. The second-order valence-corrected chi connectivity index (χ2v) is 9.52. The van der Waals surface area contributed by atoms with Crippen LogP contribution in [0.4, 0.5) is 5.82 Å². The number of nitrogens with two attached hydrogens (primary N) is 1. The van der Waals surface area contributed by atoms with Gasteiger partial charge in [0.15, 0.2) is 5.65 Å². The molecule has 1 aliphatic rings. The van der Waals surface area contributed by atoms with Gasteiger partial charge >= 0.3 is 5.97 Å². The second-order valence-electron chi connectivity index (χ2n) is 9.52. The molecule has 8 nitrogen and oxygen atoms in total. The first kappa shape index (κ1) is 21.9. The van der Waals surface area contributed by atoms with Crippen LogP contribution in [-0.2, 0) is 9.53 Å². The SMILES string of the molecule is CC1(C)OC(=O)C(c2ccc(-c3cnc(N)c(-c4ccc5nncn5n4)c3)cc2)[C@H]1c1ccccc1. The fraction of sp³-hybridized carbons (Fsp3) is 0.179. The molecule has 0 radical (unpaired) electrons. The Morgan fingerprint density at radius 1 is 0.944 bits per heavy atom. The quantitative estimate of drug-likeness (QED) is 0.377. The van der Waals surface area contributed by atoms with Gasteiger partial charge in [-0.15, -0.1) is 10.2 Å². The predicted molar refractivity (Wildman–Crippen MR) is 136 cm³/mol. The van der Waals surface area contributed by atoms with E-state index in [2.05, 4.69) is 32.4 Å². The Labute approximate surface area is 207 Å². The number of nitrogens with zero attached hydrogens (tertiary/aromatic N) is 5. The van der Waals surface area contributed by atoms with Gasteiger partial charge < -0.3 is 10.5 Å². The van der Waals surface area contributed by atoms with Crippen LogP contribution in [0.3, 0.4) is 0 Å². The zero-order valence-corrected chi connectivity index (χ0v) is 19.9. The maximum atomic E-state index is 13.0. The minimum Gasteiger partial charge on any atom is -0.458 e. The summed E-state index contributed by atoms with van der Waals surface area (Å²) in [5, 5.41) is 12.4. The second kappa shape index (κ2) is 8.27. The normalized spacial score (nSPS) is 18.9. The van der Waals surface area contributed by atoms with E-state index in [0.717, 1.165) is 27.8 Å². The van der Waals surface area contributed by atoms with Crippen LogP contribution in [0.1, 0.15) is 36.8 Å². The Morgan fingerprint density at radius 3 is 2.50 bits per heavy atom. The van der Waals surface area contributed by atoms with E-state index in [1.165, 1.54) is 0 Å². The largest absolute Gasteiger partial charge is 0.458 e. The molecule has 5 aromatic rings. The maximum Gasteiger partial charge on any atom is 0.314 e. The Bertz CT molecular complexity index is 1580. The molecule has 178 valence electrons. The summed E-state index contributed by atoms with van der Waals surface area (Å²) in [5.74, 6) is -0.276. The van der Waals surface area contributed by atoms with E-state index in [1.54, 1.807) is 17.0 Å². The van der Waals surface area contributed by atoms with Gasteiger partial charge in [-0.05, 0) is 48.7 Å². The summed E-state index contributed by atoms with van der Waals surface area (Å²) in [7, 11) is 0. The van der Waals surface area contributed by atoms with Gasteiger partial charge in [0.25, 0.3) is 0 Å². The van der Waals surface area contributed by atoms with E-state index in [-0.39, 0.29) is 17.8 Å². The van der Waals surface area contributed by atoms with Gasteiger partial charge in [-0.25, -0.2) is 4.98 Å². The predicted octanol–water partition coefficient (Wildman–Crippen LogP) is 4.64. The van der Waals surface area contributed by atoms with E-state index in [4.69, 9.17) is 10.5 Å². The third kappa shape index (κ3) is 3.67. The summed E-state index contributed by atoms with van der Waals surface area (Å²) in [6.07, 6.45) is 3.29. The summed E-state index contributed by atoms with van der Waals surface area (Å²) >= 11 is 0. The van der Waals surface area contributed by atoms with Gasteiger partial charge in [-0.2, -0.15) is 9.61 Å². The van der Waals surface area contributed by atoms with Crippen molar-refractivity contribution < 1.29 is 9.53 Å². The van der Waals surface area contributed by atoms with Crippen molar-refractivity contribution in [2.75, 3.05) is 5.73 Å². The number of carbonyl (C=O) groups is 1. The number of pyridine rings is 1. The van der Waals surface area contributed by atoms with Gasteiger partial charge in [0.1, 0.15) is 17.7 Å². The van der Waals surface area contributed by atoms with Gasteiger partial charge in [0, 0.05) is 23.2 Å². The minimum atomic E-state index is -0.601. The molecule has 2 N–H and O–H groups in total. The number of nitrogen functional groups attached to an aromatic ring is 1. The Morgan fingerprint density at radius 2 is 1.72 bits per heavy atom. The summed E-state index contributed by atoms with van der Waals surface area (Å²) in [4.78, 5) is 17.4. The highest BCUT2D eigenvalue weighted by molar-refractivity contribution is 5.84. The van der Waals surface area contributed by atoms with Crippen molar-refractivity contribution in [1.82, 2.24) is 24.8 Å². The third-order valence-corrected chi connectivity index (χ3v) is 6.82. The standard InChI is InChI=1S/C28H24N6O2/c1-28(2)25(19-6-4-3-5-7-19)24(27(35)36-28)18-10-8-17(9-11-18)20-14-21(26(29)30-15-20)22-12-13-23-32-31-16-34(23)33-22/h3-16,24-25H,1-2H3,(H2,29,30)/t24?,25-/m1/s1. The van der Waals surface area contributed by atoms with Crippen LogP contribution in [0, 0.1) is 0 Å². The van der Waals surface area contributed by atoms with Crippen molar-refractivity contribution in [3.63, 3.8) is 0 Å². The molecular weight excluding hydrogens is 452 g/mol. The highest BCUT2D eigenvalue weighted by Crippen LogP contribution is 2.49. The molecule has 0 aliphatic carbocycles. The monoisotopic (exact) mass is 476 g/mol. The van der Waals surface area contributed by atoms with E-state index < -0.39 is 5.60 Å². The molecule has 0 amide bonds. The number of ether oxygens (including phenoxy) is 1. The number of anilines is 1. The van der Waals surface area contributed by atoms with Crippen molar-refractivity contribution in [3.8, 4) is 22.4 Å². The zero-order valence-electron chi connectivity index (χ0n) is 19.9. The summed E-state index contributed by atoms with van der Waals surface area (Å²) in [6, 6.07) is 23.7. The average molecular weight is 477 g/mol. The van der Waals surface area contributed by atoms with Crippen LogP contribution in [0.15, 0.2) is 85.3 Å². The first-order valence-electron chi connectivity index (χ1n) is 11.7. The topological polar surface area (TPSA) is 108 Å². The molecule has 0 saturated carbocycles. The fourth-order valence-electron chi connectivity index (χ4n) is 5.10. The van der Waals surface area contributed by atoms with Crippen molar-refractivity contribution in [1.29, 1.82) is 0 Å². The van der Waals surface area contributed by atoms with Crippen LogP contribution < -0.4 is 5.73 Å². The van der Waals surface area contributed by atoms with Crippen molar-refractivity contribution in [2.24, 2.45) is 0 Å².